The first-order chi connectivity index (χ1) is 26.0. The molecule has 0 spiro atoms. The molecule has 4 aromatic heterocycles. The normalized spacial score (nSPS) is 12.9. The van der Waals surface area contributed by atoms with Gasteiger partial charge in [-0.25, -0.2) is 37.5 Å². The Balaban J connectivity index is 0.000000188. The zero-order valence-corrected chi connectivity index (χ0v) is 28.7. The van der Waals surface area contributed by atoms with E-state index >= 15 is 0 Å². The lowest BCUT2D eigenvalue weighted by Gasteiger charge is -2.08. The maximum absolute atomic E-state index is 13.7. The molecule has 2 N–H and O–H groups in total. The van der Waals surface area contributed by atoms with Crippen LogP contribution < -0.4 is 10.6 Å². The van der Waals surface area contributed by atoms with E-state index in [0.29, 0.717) is 28.0 Å². The first-order valence-electron chi connectivity index (χ1n) is 15.8. The van der Waals surface area contributed by atoms with Gasteiger partial charge in [0.15, 0.2) is 11.4 Å². The number of amides is 2. The molecule has 286 valence electrons. The van der Waals surface area contributed by atoms with Crippen LogP contribution in [-0.2, 0) is 19.0 Å². The summed E-state index contributed by atoms with van der Waals surface area (Å²) in [4.78, 5) is 36.5. The average molecular weight is 794 g/mol. The Morgan fingerprint density at radius 2 is 1.38 bits per heavy atom. The van der Waals surface area contributed by atoms with Crippen LogP contribution in [0.4, 0.5) is 50.9 Å². The van der Waals surface area contributed by atoms with E-state index in [9.17, 15) is 49.1 Å². The number of thiazole rings is 1. The number of aromatic nitrogens is 7. The predicted octanol–water partition coefficient (Wildman–Crippen LogP) is 8.47. The van der Waals surface area contributed by atoms with Crippen molar-refractivity contribution in [2.24, 2.45) is 0 Å². The number of hydrogen-bond acceptors (Lipinski definition) is 8. The summed E-state index contributed by atoms with van der Waals surface area (Å²) in [5.41, 5.74) is 0.0223. The highest BCUT2D eigenvalue weighted by molar-refractivity contribution is 7.12. The third kappa shape index (κ3) is 8.82. The van der Waals surface area contributed by atoms with Crippen LogP contribution in [-0.4, -0.2) is 46.3 Å². The zero-order valence-electron chi connectivity index (χ0n) is 27.9. The molecule has 0 unspecified atom stereocenters. The smallest absolute Gasteiger partial charge is 0.321 e. The minimum atomic E-state index is -4.66. The molecule has 7 rings (SSSR count). The van der Waals surface area contributed by atoms with Crippen molar-refractivity contribution in [2.75, 3.05) is 10.6 Å². The molecule has 0 saturated heterocycles. The van der Waals surface area contributed by atoms with Gasteiger partial charge in [0, 0.05) is 11.6 Å². The van der Waals surface area contributed by atoms with Gasteiger partial charge >= 0.3 is 12.4 Å². The largest absolute Gasteiger partial charge is 0.435 e. The summed E-state index contributed by atoms with van der Waals surface area (Å²) >= 11 is 1.20. The van der Waals surface area contributed by atoms with Gasteiger partial charge in [0.1, 0.15) is 28.7 Å². The van der Waals surface area contributed by atoms with Gasteiger partial charge in [0.2, 0.25) is 0 Å². The number of hydrogen-bond donors (Lipinski definition) is 2. The Hall–Kier alpha value is -6.12. The molecule has 2 aromatic carbocycles. The number of benzene rings is 2. The molecule has 2 amide bonds. The van der Waals surface area contributed by atoms with Crippen molar-refractivity contribution >= 4 is 34.5 Å². The van der Waals surface area contributed by atoms with Crippen LogP contribution >= 0.6 is 11.3 Å². The number of aryl methyl sites for hydroxylation is 1. The van der Waals surface area contributed by atoms with Crippen LogP contribution in [0.5, 0.6) is 0 Å². The fourth-order valence-corrected chi connectivity index (χ4v) is 5.74. The van der Waals surface area contributed by atoms with Crippen LogP contribution in [0.2, 0.25) is 0 Å². The molecular formula is C34H24F9N9O2S. The van der Waals surface area contributed by atoms with E-state index in [2.05, 4.69) is 35.8 Å². The minimum absolute atomic E-state index is 0.0116. The minimum Gasteiger partial charge on any atom is -0.321 e. The van der Waals surface area contributed by atoms with Crippen molar-refractivity contribution in [2.45, 2.75) is 44.7 Å². The summed E-state index contributed by atoms with van der Waals surface area (Å²) < 4.78 is 120. The van der Waals surface area contributed by atoms with Crippen molar-refractivity contribution in [3.05, 3.63) is 123 Å². The van der Waals surface area contributed by atoms with Crippen molar-refractivity contribution < 1.29 is 49.1 Å². The number of carbonyl (C=O) groups excluding carboxylic acids is 2. The molecule has 1 aliphatic rings. The number of anilines is 2. The number of carbonyl (C=O) groups is 2. The number of rotatable bonds is 8. The lowest BCUT2D eigenvalue weighted by atomic mass is 10.2. The Morgan fingerprint density at radius 1 is 0.800 bits per heavy atom. The second kappa shape index (κ2) is 15.3. The van der Waals surface area contributed by atoms with E-state index in [1.165, 1.54) is 35.6 Å². The molecule has 21 heteroatoms. The molecule has 0 bridgehead atoms. The van der Waals surface area contributed by atoms with E-state index in [4.69, 9.17) is 0 Å². The topological polar surface area (TPSA) is 133 Å². The third-order valence-corrected chi connectivity index (χ3v) is 8.76. The lowest BCUT2D eigenvalue weighted by molar-refractivity contribution is -0.142. The predicted molar refractivity (Wildman–Crippen MR) is 179 cm³/mol. The van der Waals surface area contributed by atoms with Gasteiger partial charge in [0.25, 0.3) is 17.8 Å². The summed E-state index contributed by atoms with van der Waals surface area (Å²) in [5.74, 6) is -3.62. The van der Waals surface area contributed by atoms with Gasteiger partial charge in [-0.15, -0.1) is 11.3 Å². The van der Waals surface area contributed by atoms with Crippen molar-refractivity contribution in [1.29, 1.82) is 0 Å². The van der Waals surface area contributed by atoms with Gasteiger partial charge in [-0.05, 0) is 68.3 Å². The molecule has 4 heterocycles. The fourth-order valence-electron chi connectivity index (χ4n) is 5.04. The standard InChI is InChI=1S/C18H12F5N5O.C16H12F4N4OS/c19-11-2-1-3-12(20)15(11)16(29)26-10-7-24-17(25-8-10)28-13(9-4-5-9)6-14(27-28)18(21,22)23;1-9-14(26-8-21-9)15(25)22-10-2-4-11(5-3-10)24-12(7-17)6-13(23-24)16(18,19)20/h1-3,6-9H,4-5H2,(H,26,29);2-6,8H,7H2,1H3,(H,22,25). The number of nitrogens with one attached hydrogen (secondary N) is 2. The first-order valence-corrected chi connectivity index (χ1v) is 16.7. The zero-order chi connectivity index (χ0) is 39.7. The lowest BCUT2D eigenvalue weighted by Crippen LogP contribution is -2.16. The first kappa shape index (κ1) is 38.6. The molecule has 55 heavy (non-hydrogen) atoms. The Morgan fingerprint density at radius 3 is 1.93 bits per heavy atom. The van der Waals surface area contributed by atoms with Crippen LogP contribution in [0.25, 0.3) is 11.6 Å². The maximum Gasteiger partial charge on any atom is 0.435 e. The number of nitrogens with zero attached hydrogens (tertiary/aromatic N) is 7. The maximum atomic E-state index is 13.7. The Bertz CT molecular complexity index is 2310. The van der Waals surface area contributed by atoms with E-state index in [1.807, 2.05) is 0 Å². The summed E-state index contributed by atoms with van der Waals surface area (Å²) in [6, 6.07) is 10.5. The van der Waals surface area contributed by atoms with E-state index < -0.39 is 53.5 Å². The van der Waals surface area contributed by atoms with E-state index in [1.54, 1.807) is 12.4 Å². The number of halogens is 9. The molecule has 11 nitrogen and oxygen atoms in total. The number of alkyl halides is 7. The fraction of sp³-hybridized carbons (Fsp3) is 0.206. The van der Waals surface area contributed by atoms with Crippen LogP contribution in [0, 0.1) is 18.6 Å². The molecule has 0 atom stereocenters. The highest BCUT2D eigenvalue weighted by Gasteiger charge is 2.39. The molecule has 6 aromatic rings. The van der Waals surface area contributed by atoms with Gasteiger partial charge in [-0.1, -0.05) is 6.07 Å². The SMILES string of the molecule is Cc1ncsc1C(=O)Nc1ccc(-n2nc(C(F)(F)F)cc2CF)cc1.O=C(Nc1cnc(-n2nc(C(F)(F)F)cc2C2CC2)nc1)c1c(F)cccc1F. The summed E-state index contributed by atoms with van der Waals surface area (Å²) in [6.45, 7) is 0.620. The molecule has 1 fully saturated rings. The van der Waals surface area contributed by atoms with Crippen LogP contribution in [0.3, 0.4) is 0 Å². The highest BCUT2D eigenvalue weighted by atomic mass is 32.1. The summed E-state index contributed by atoms with van der Waals surface area (Å²) in [5, 5.41) is 11.9. The van der Waals surface area contributed by atoms with Gasteiger partial charge in [0.05, 0.1) is 46.4 Å². The third-order valence-electron chi connectivity index (χ3n) is 7.83. The van der Waals surface area contributed by atoms with Crippen molar-refractivity contribution in [1.82, 2.24) is 34.5 Å². The highest BCUT2D eigenvalue weighted by Crippen LogP contribution is 2.42. The summed E-state index contributed by atoms with van der Waals surface area (Å²) in [7, 11) is 0. The van der Waals surface area contributed by atoms with E-state index in [0.717, 1.165) is 58.9 Å². The molecule has 1 aliphatic carbocycles. The van der Waals surface area contributed by atoms with Gasteiger partial charge in [-0.2, -0.15) is 36.5 Å². The molecule has 0 radical (unpaired) electrons. The second-order valence-electron chi connectivity index (χ2n) is 11.8. The summed E-state index contributed by atoms with van der Waals surface area (Å²) in [6.07, 6.45) is -5.55. The quantitative estimate of drug-likeness (QED) is 0.148. The van der Waals surface area contributed by atoms with Crippen LogP contribution in [0.15, 0.2) is 72.5 Å². The van der Waals surface area contributed by atoms with Crippen molar-refractivity contribution in [3.63, 3.8) is 0 Å². The molecule has 0 aliphatic heterocycles. The van der Waals surface area contributed by atoms with Crippen LogP contribution in [0.1, 0.15) is 67.3 Å². The second-order valence-corrected chi connectivity index (χ2v) is 12.6. The van der Waals surface area contributed by atoms with Crippen molar-refractivity contribution in [3.8, 4) is 11.6 Å². The Kier molecular flexibility index (Phi) is 10.8. The molecule has 1 saturated carbocycles. The van der Waals surface area contributed by atoms with Gasteiger partial charge < -0.3 is 10.6 Å². The van der Waals surface area contributed by atoms with Gasteiger partial charge in [-0.3, -0.25) is 9.59 Å². The molecular weight excluding hydrogens is 769 g/mol. The average Bonchev–Trinajstić information content (AvgIpc) is 3.48. The monoisotopic (exact) mass is 793 g/mol. The Labute approximate surface area is 307 Å². The van der Waals surface area contributed by atoms with E-state index in [-0.39, 0.29) is 34.8 Å².